The second-order valence-electron chi connectivity index (χ2n) is 4.57. The van der Waals surface area contributed by atoms with Gasteiger partial charge in [0.15, 0.2) is 0 Å². The SMILES string of the molecule is CC(C)c1cncc(S(=O)(=O)c2ccc(Br)cc2)c1. The molecule has 0 aliphatic carbocycles. The van der Waals surface area contributed by atoms with E-state index in [1.165, 1.54) is 6.20 Å². The molecule has 0 radical (unpaired) electrons. The molecule has 100 valence electrons. The Labute approximate surface area is 121 Å². The van der Waals surface area contributed by atoms with E-state index in [-0.39, 0.29) is 15.7 Å². The van der Waals surface area contributed by atoms with E-state index in [9.17, 15) is 8.42 Å². The van der Waals surface area contributed by atoms with Crippen molar-refractivity contribution in [2.75, 3.05) is 0 Å². The van der Waals surface area contributed by atoms with Gasteiger partial charge in [-0.1, -0.05) is 29.8 Å². The Kier molecular flexibility index (Phi) is 4.06. The molecule has 0 N–H and O–H groups in total. The molecule has 0 aliphatic heterocycles. The van der Waals surface area contributed by atoms with Crippen LogP contribution in [0.15, 0.2) is 57.0 Å². The normalized spacial score (nSPS) is 11.8. The summed E-state index contributed by atoms with van der Waals surface area (Å²) < 4.78 is 25.8. The van der Waals surface area contributed by atoms with Crippen LogP contribution in [-0.2, 0) is 9.84 Å². The van der Waals surface area contributed by atoms with Crippen molar-refractivity contribution in [1.82, 2.24) is 4.98 Å². The molecule has 0 amide bonds. The molecule has 5 heteroatoms. The summed E-state index contributed by atoms with van der Waals surface area (Å²) in [5, 5.41) is 0. The van der Waals surface area contributed by atoms with Crippen molar-refractivity contribution in [1.29, 1.82) is 0 Å². The summed E-state index contributed by atoms with van der Waals surface area (Å²) in [5.41, 5.74) is 0.915. The van der Waals surface area contributed by atoms with Gasteiger partial charge in [-0.3, -0.25) is 4.98 Å². The molecule has 2 aromatic rings. The molecule has 1 aromatic heterocycles. The summed E-state index contributed by atoms with van der Waals surface area (Å²) in [7, 11) is -3.50. The first-order valence-corrected chi connectivity index (χ1v) is 8.14. The fourth-order valence-corrected chi connectivity index (χ4v) is 3.17. The third kappa shape index (κ3) is 3.04. The second kappa shape index (κ2) is 5.43. The molecule has 2 rings (SSSR count). The van der Waals surface area contributed by atoms with Crippen LogP contribution in [0.1, 0.15) is 25.3 Å². The average molecular weight is 340 g/mol. The van der Waals surface area contributed by atoms with Gasteiger partial charge in [0, 0.05) is 16.9 Å². The van der Waals surface area contributed by atoms with Crippen molar-refractivity contribution in [2.45, 2.75) is 29.6 Å². The first kappa shape index (κ1) is 14.2. The third-order valence-corrected chi connectivity index (χ3v) is 5.10. The van der Waals surface area contributed by atoms with Gasteiger partial charge in [-0.25, -0.2) is 8.42 Å². The number of hydrogen-bond acceptors (Lipinski definition) is 3. The molecule has 0 aliphatic rings. The maximum atomic E-state index is 12.5. The predicted octanol–water partition coefficient (Wildman–Crippen LogP) is 3.80. The minimum Gasteiger partial charge on any atom is -0.263 e. The minimum atomic E-state index is -3.50. The molecule has 1 aromatic carbocycles. The number of nitrogens with zero attached hydrogens (tertiary/aromatic N) is 1. The Morgan fingerprint density at radius 2 is 1.68 bits per heavy atom. The van der Waals surface area contributed by atoms with Crippen molar-refractivity contribution in [3.05, 3.63) is 52.8 Å². The van der Waals surface area contributed by atoms with Crippen LogP contribution in [-0.4, -0.2) is 13.4 Å². The van der Waals surface area contributed by atoms with Crippen molar-refractivity contribution in [3.8, 4) is 0 Å². The summed E-state index contributed by atoms with van der Waals surface area (Å²) in [5.74, 6) is 0.243. The molecule has 0 atom stereocenters. The highest BCUT2D eigenvalue weighted by atomic mass is 79.9. The molecule has 0 unspecified atom stereocenters. The Hall–Kier alpha value is -1.20. The highest BCUT2D eigenvalue weighted by Crippen LogP contribution is 2.24. The number of halogens is 1. The molecular formula is C14H14BrNO2S. The number of aromatic nitrogens is 1. The van der Waals surface area contributed by atoms with E-state index in [1.54, 1.807) is 36.5 Å². The number of benzene rings is 1. The van der Waals surface area contributed by atoms with Gasteiger partial charge < -0.3 is 0 Å². The molecule has 1 heterocycles. The summed E-state index contributed by atoms with van der Waals surface area (Å²) >= 11 is 3.29. The van der Waals surface area contributed by atoms with Crippen LogP contribution in [0.4, 0.5) is 0 Å². The lowest BCUT2D eigenvalue weighted by Crippen LogP contribution is -2.03. The standard InChI is InChI=1S/C14H14BrNO2S/c1-10(2)11-7-14(9-16-8-11)19(17,18)13-5-3-12(15)4-6-13/h3-10H,1-2H3. The Morgan fingerprint density at radius 3 is 2.26 bits per heavy atom. The Balaban J connectivity index is 2.50. The quantitative estimate of drug-likeness (QED) is 0.854. The van der Waals surface area contributed by atoms with Crippen LogP contribution in [0, 0.1) is 0 Å². The summed E-state index contributed by atoms with van der Waals surface area (Å²) in [6.07, 6.45) is 3.09. The lowest BCUT2D eigenvalue weighted by atomic mass is 10.1. The second-order valence-corrected chi connectivity index (χ2v) is 7.43. The van der Waals surface area contributed by atoms with Gasteiger partial charge in [0.1, 0.15) is 0 Å². The largest absolute Gasteiger partial charge is 0.263 e. The van der Waals surface area contributed by atoms with E-state index in [4.69, 9.17) is 0 Å². The lowest BCUT2D eigenvalue weighted by Gasteiger charge is -2.08. The average Bonchev–Trinajstić information content (AvgIpc) is 2.39. The van der Waals surface area contributed by atoms with Crippen LogP contribution in [0.2, 0.25) is 0 Å². The highest BCUT2D eigenvalue weighted by molar-refractivity contribution is 9.10. The first-order chi connectivity index (χ1) is 8.91. The molecule has 3 nitrogen and oxygen atoms in total. The van der Waals surface area contributed by atoms with E-state index in [1.807, 2.05) is 13.8 Å². The van der Waals surface area contributed by atoms with E-state index in [2.05, 4.69) is 20.9 Å². The molecule has 0 bridgehead atoms. The Bertz CT molecular complexity index is 679. The third-order valence-electron chi connectivity index (χ3n) is 2.84. The first-order valence-electron chi connectivity index (χ1n) is 5.87. The molecular weight excluding hydrogens is 326 g/mol. The Morgan fingerprint density at radius 1 is 1.05 bits per heavy atom. The summed E-state index contributed by atoms with van der Waals surface area (Å²) in [6.45, 7) is 4.01. The molecule has 19 heavy (non-hydrogen) atoms. The number of sulfone groups is 1. The predicted molar refractivity (Wildman–Crippen MR) is 77.9 cm³/mol. The minimum absolute atomic E-state index is 0.237. The van der Waals surface area contributed by atoms with Gasteiger partial charge in [0.2, 0.25) is 9.84 Å². The van der Waals surface area contributed by atoms with Crippen LogP contribution in [0.5, 0.6) is 0 Å². The lowest BCUT2D eigenvalue weighted by molar-refractivity contribution is 0.595. The number of rotatable bonds is 3. The van der Waals surface area contributed by atoms with Crippen LogP contribution in [0.25, 0.3) is 0 Å². The van der Waals surface area contributed by atoms with Crippen LogP contribution < -0.4 is 0 Å². The number of hydrogen-bond donors (Lipinski definition) is 0. The van der Waals surface area contributed by atoms with E-state index in [0.29, 0.717) is 0 Å². The fourth-order valence-electron chi connectivity index (χ4n) is 1.65. The van der Waals surface area contributed by atoms with E-state index in [0.717, 1.165) is 10.0 Å². The highest BCUT2D eigenvalue weighted by Gasteiger charge is 2.18. The van der Waals surface area contributed by atoms with Crippen molar-refractivity contribution in [3.63, 3.8) is 0 Å². The topological polar surface area (TPSA) is 47.0 Å². The van der Waals surface area contributed by atoms with Crippen molar-refractivity contribution < 1.29 is 8.42 Å². The summed E-state index contributed by atoms with van der Waals surface area (Å²) in [4.78, 5) is 4.54. The maximum absolute atomic E-state index is 12.5. The van der Waals surface area contributed by atoms with Crippen LogP contribution >= 0.6 is 15.9 Å². The molecule has 0 saturated heterocycles. The fraction of sp³-hybridized carbons (Fsp3) is 0.214. The monoisotopic (exact) mass is 339 g/mol. The molecule has 0 saturated carbocycles. The van der Waals surface area contributed by atoms with Gasteiger partial charge in [-0.15, -0.1) is 0 Å². The van der Waals surface area contributed by atoms with Gasteiger partial charge >= 0.3 is 0 Å². The zero-order valence-electron chi connectivity index (χ0n) is 10.7. The summed E-state index contributed by atoms with van der Waals surface area (Å²) in [6, 6.07) is 8.29. The van der Waals surface area contributed by atoms with Gasteiger partial charge in [0.25, 0.3) is 0 Å². The molecule has 0 fully saturated rings. The van der Waals surface area contributed by atoms with Gasteiger partial charge in [-0.05, 0) is 41.8 Å². The van der Waals surface area contributed by atoms with Gasteiger partial charge in [-0.2, -0.15) is 0 Å². The van der Waals surface area contributed by atoms with Crippen molar-refractivity contribution >= 4 is 25.8 Å². The zero-order chi connectivity index (χ0) is 14.0. The van der Waals surface area contributed by atoms with E-state index < -0.39 is 9.84 Å². The van der Waals surface area contributed by atoms with Crippen molar-refractivity contribution in [2.24, 2.45) is 0 Å². The smallest absolute Gasteiger partial charge is 0.208 e. The van der Waals surface area contributed by atoms with Crippen LogP contribution in [0.3, 0.4) is 0 Å². The van der Waals surface area contributed by atoms with E-state index >= 15 is 0 Å². The van der Waals surface area contributed by atoms with Gasteiger partial charge in [0.05, 0.1) is 9.79 Å². The maximum Gasteiger partial charge on any atom is 0.208 e. The number of pyridine rings is 1. The molecule has 0 spiro atoms. The zero-order valence-corrected chi connectivity index (χ0v) is 13.1.